The topological polar surface area (TPSA) is 72.5 Å². The summed E-state index contributed by atoms with van der Waals surface area (Å²) < 4.78 is 5.39. The van der Waals surface area contributed by atoms with Crippen molar-refractivity contribution < 1.29 is 14.6 Å². The molecule has 0 saturated carbocycles. The fraction of sp³-hybridized carbons (Fsp3) is 0.364. The van der Waals surface area contributed by atoms with Gasteiger partial charge in [0.2, 0.25) is 0 Å². The summed E-state index contributed by atoms with van der Waals surface area (Å²) in [7, 11) is 0. The predicted octanol–water partition coefficient (Wildman–Crippen LogP) is 1.90. The van der Waals surface area contributed by atoms with Gasteiger partial charge in [-0.1, -0.05) is 11.6 Å². The summed E-state index contributed by atoms with van der Waals surface area (Å²) in [6.45, 7) is 2.00. The van der Waals surface area contributed by atoms with E-state index in [1.165, 1.54) is 0 Å². The Hall–Kier alpha value is -1.26. The Morgan fingerprint density at radius 3 is 2.88 bits per heavy atom. The van der Waals surface area contributed by atoms with Gasteiger partial charge in [-0.05, 0) is 25.1 Å². The van der Waals surface area contributed by atoms with Crippen molar-refractivity contribution in [2.24, 2.45) is 11.7 Å². The smallest absolute Gasteiger partial charge is 0.309 e. The highest BCUT2D eigenvalue weighted by Crippen LogP contribution is 2.22. The third-order valence-corrected chi connectivity index (χ3v) is 2.39. The monoisotopic (exact) mass is 243 g/mol. The number of benzene rings is 1. The highest BCUT2D eigenvalue weighted by Gasteiger charge is 2.12. The molecule has 0 aliphatic rings. The molecule has 16 heavy (non-hydrogen) atoms. The average Bonchev–Trinajstić information content (AvgIpc) is 2.26. The van der Waals surface area contributed by atoms with E-state index in [0.29, 0.717) is 17.3 Å². The molecule has 0 spiro atoms. The van der Waals surface area contributed by atoms with Crippen molar-refractivity contribution in [2.75, 3.05) is 6.61 Å². The van der Waals surface area contributed by atoms with Crippen LogP contribution in [0.25, 0.3) is 0 Å². The lowest BCUT2D eigenvalue weighted by Gasteiger charge is -2.12. The van der Waals surface area contributed by atoms with E-state index < -0.39 is 11.9 Å². The van der Waals surface area contributed by atoms with E-state index in [9.17, 15) is 4.79 Å². The maximum Gasteiger partial charge on any atom is 0.309 e. The maximum atomic E-state index is 10.6. The zero-order valence-electron chi connectivity index (χ0n) is 8.94. The van der Waals surface area contributed by atoms with Crippen LogP contribution in [0.4, 0.5) is 0 Å². The van der Waals surface area contributed by atoms with Crippen molar-refractivity contribution in [3.8, 4) is 5.75 Å². The molecule has 3 N–H and O–H groups in total. The zero-order chi connectivity index (χ0) is 12.1. The summed E-state index contributed by atoms with van der Waals surface area (Å²) >= 11 is 5.80. The minimum absolute atomic E-state index is 0.115. The normalized spacial score (nSPS) is 12.2. The molecule has 0 aliphatic carbocycles. The van der Waals surface area contributed by atoms with Crippen LogP contribution in [0.5, 0.6) is 5.75 Å². The number of carboxylic acid groups (broad SMARTS) is 1. The van der Waals surface area contributed by atoms with Gasteiger partial charge in [-0.3, -0.25) is 4.79 Å². The highest BCUT2D eigenvalue weighted by atomic mass is 35.5. The Morgan fingerprint density at radius 1 is 1.62 bits per heavy atom. The second kappa shape index (κ2) is 5.72. The van der Waals surface area contributed by atoms with Crippen LogP contribution in [-0.4, -0.2) is 17.7 Å². The number of hydrogen-bond donors (Lipinski definition) is 2. The molecule has 0 heterocycles. The number of ether oxygens (including phenoxy) is 1. The van der Waals surface area contributed by atoms with E-state index in [0.717, 1.165) is 5.56 Å². The van der Waals surface area contributed by atoms with E-state index in [1.807, 2.05) is 0 Å². The molecule has 0 bridgehead atoms. The van der Waals surface area contributed by atoms with Crippen LogP contribution in [0.3, 0.4) is 0 Å². The Bertz CT molecular complexity index is 381. The van der Waals surface area contributed by atoms with Crippen molar-refractivity contribution in [3.05, 3.63) is 28.8 Å². The predicted molar refractivity (Wildman–Crippen MR) is 61.6 cm³/mol. The van der Waals surface area contributed by atoms with Crippen molar-refractivity contribution in [1.29, 1.82) is 0 Å². The fourth-order valence-corrected chi connectivity index (χ4v) is 1.33. The molecule has 4 nitrogen and oxygen atoms in total. The molecule has 1 rings (SSSR count). The van der Waals surface area contributed by atoms with E-state index in [2.05, 4.69) is 0 Å². The van der Waals surface area contributed by atoms with Gasteiger partial charge in [0, 0.05) is 17.1 Å². The lowest BCUT2D eigenvalue weighted by atomic mass is 10.2. The van der Waals surface area contributed by atoms with Gasteiger partial charge in [-0.15, -0.1) is 0 Å². The third kappa shape index (κ3) is 3.40. The van der Waals surface area contributed by atoms with Gasteiger partial charge in [-0.25, -0.2) is 0 Å². The maximum absolute atomic E-state index is 10.6. The molecule has 0 aromatic heterocycles. The molecule has 1 aromatic rings. The number of rotatable bonds is 5. The van der Waals surface area contributed by atoms with Crippen LogP contribution < -0.4 is 10.5 Å². The van der Waals surface area contributed by atoms with Gasteiger partial charge in [-0.2, -0.15) is 0 Å². The minimum atomic E-state index is -0.886. The summed E-state index contributed by atoms with van der Waals surface area (Å²) in [4.78, 5) is 10.6. The summed E-state index contributed by atoms with van der Waals surface area (Å²) in [5.41, 5.74) is 6.30. The molecular weight excluding hydrogens is 230 g/mol. The molecule has 0 aliphatic heterocycles. The van der Waals surface area contributed by atoms with Crippen LogP contribution >= 0.6 is 11.6 Å². The van der Waals surface area contributed by atoms with Gasteiger partial charge >= 0.3 is 5.97 Å². The SMILES string of the molecule is C[C@H](COc1ccc(Cl)cc1CN)C(=O)O. The Balaban J connectivity index is 2.70. The van der Waals surface area contributed by atoms with Gasteiger partial charge in [0.15, 0.2) is 0 Å². The number of nitrogens with two attached hydrogens (primary N) is 1. The Morgan fingerprint density at radius 2 is 2.31 bits per heavy atom. The standard InChI is InChI=1S/C11H14ClNO3/c1-7(11(14)15)6-16-10-3-2-9(12)4-8(10)5-13/h2-4,7H,5-6,13H2,1H3,(H,14,15)/t7-/m1/s1. The van der Waals surface area contributed by atoms with Crippen molar-refractivity contribution in [2.45, 2.75) is 13.5 Å². The zero-order valence-corrected chi connectivity index (χ0v) is 9.70. The van der Waals surface area contributed by atoms with Gasteiger partial charge < -0.3 is 15.6 Å². The van der Waals surface area contributed by atoms with Crippen molar-refractivity contribution in [1.82, 2.24) is 0 Å². The van der Waals surface area contributed by atoms with Crippen LogP contribution in [-0.2, 0) is 11.3 Å². The molecule has 0 amide bonds. The summed E-state index contributed by atoms with van der Waals surface area (Å²) in [5.74, 6) is -0.857. The Kier molecular flexibility index (Phi) is 4.58. The van der Waals surface area contributed by atoms with Crippen LogP contribution in [0, 0.1) is 5.92 Å². The number of carboxylic acids is 1. The molecule has 0 saturated heterocycles. The van der Waals surface area contributed by atoms with Crippen molar-refractivity contribution >= 4 is 17.6 Å². The second-order valence-corrected chi connectivity index (χ2v) is 3.94. The fourth-order valence-electron chi connectivity index (χ4n) is 1.13. The van der Waals surface area contributed by atoms with Gasteiger partial charge in [0.1, 0.15) is 12.4 Å². The van der Waals surface area contributed by atoms with Crippen LogP contribution in [0.1, 0.15) is 12.5 Å². The minimum Gasteiger partial charge on any atom is -0.492 e. The number of hydrogen-bond acceptors (Lipinski definition) is 3. The molecule has 88 valence electrons. The largest absolute Gasteiger partial charge is 0.492 e. The van der Waals surface area contributed by atoms with Gasteiger partial charge in [0.05, 0.1) is 5.92 Å². The van der Waals surface area contributed by atoms with Crippen LogP contribution in [0.15, 0.2) is 18.2 Å². The van der Waals surface area contributed by atoms with E-state index in [4.69, 9.17) is 27.2 Å². The second-order valence-electron chi connectivity index (χ2n) is 3.51. The summed E-state index contributed by atoms with van der Waals surface area (Å²) in [6.07, 6.45) is 0. The average molecular weight is 244 g/mol. The van der Waals surface area contributed by atoms with Gasteiger partial charge in [0.25, 0.3) is 0 Å². The highest BCUT2D eigenvalue weighted by molar-refractivity contribution is 6.30. The third-order valence-electron chi connectivity index (χ3n) is 2.15. The first-order valence-electron chi connectivity index (χ1n) is 4.88. The Labute approximate surface area is 99.0 Å². The summed E-state index contributed by atoms with van der Waals surface area (Å²) in [5, 5.41) is 9.29. The first-order valence-corrected chi connectivity index (χ1v) is 5.26. The molecule has 1 atom stereocenters. The lowest BCUT2D eigenvalue weighted by Crippen LogP contribution is -2.18. The van der Waals surface area contributed by atoms with E-state index in [1.54, 1.807) is 25.1 Å². The van der Waals surface area contributed by atoms with E-state index in [-0.39, 0.29) is 6.61 Å². The quantitative estimate of drug-likeness (QED) is 0.829. The lowest BCUT2D eigenvalue weighted by molar-refractivity contribution is -0.142. The number of carbonyl (C=O) groups is 1. The number of halogens is 1. The number of aliphatic carboxylic acids is 1. The van der Waals surface area contributed by atoms with Crippen LogP contribution in [0.2, 0.25) is 5.02 Å². The first kappa shape index (κ1) is 12.8. The first-order chi connectivity index (χ1) is 7.54. The molecule has 0 fully saturated rings. The molecule has 5 heteroatoms. The molecule has 1 aromatic carbocycles. The molecule has 0 unspecified atom stereocenters. The summed E-state index contributed by atoms with van der Waals surface area (Å²) in [6, 6.07) is 5.09. The van der Waals surface area contributed by atoms with E-state index >= 15 is 0 Å². The molecular formula is C11H14ClNO3. The molecule has 0 radical (unpaired) electrons. The van der Waals surface area contributed by atoms with Crippen molar-refractivity contribution in [3.63, 3.8) is 0 Å².